The van der Waals surface area contributed by atoms with E-state index >= 15 is 0 Å². The molecule has 0 bridgehead atoms. The van der Waals surface area contributed by atoms with Gasteiger partial charge in [0.2, 0.25) is 0 Å². The van der Waals surface area contributed by atoms with Crippen molar-refractivity contribution in [2.24, 2.45) is 0 Å². The molecular weight excluding hydrogens is 476 g/mol. The normalized spacial score (nSPS) is 11.6. The van der Waals surface area contributed by atoms with Crippen LogP contribution < -0.4 is 10.1 Å². The van der Waals surface area contributed by atoms with Crippen LogP contribution in [-0.2, 0) is 16.0 Å². The maximum atomic E-state index is 12.7. The zero-order valence-electron chi connectivity index (χ0n) is 21.5. The molecule has 8 heteroatoms. The number of nitrogens with one attached hydrogen (secondary N) is 1. The van der Waals surface area contributed by atoms with Crippen molar-refractivity contribution in [2.45, 2.75) is 57.0 Å². The molecule has 198 valence electrons. The van der Waals surface area contributed by atoms with E-state index in [4.69, 9.17) is 9.47 Å². The summed E-state index contributed by atoms with van der Waals surface area (Å²) in [7, 11) is 0. The van der Waals surface area contributed by atoms with E-state index in [9.17, 15) is 14.7 Å². The van der Waals surface area contributed by atoms with Gasteiger partial charge in [-0.2, -0.15) is 0 Å². The Morgan fingerprint density at radius 1 is 1.00 bits per heavy atom. The number of carboxylic acids is 1. The predicted octanol–water partition coefficient (Wildman–Crippen LogP) is 5.48. The zero-order valence-corrected chi connectivity index (χ0v) is 22.3. The molecule has 0 aliphatic heterocycles. The van der Waals surface area contributed by atoms with E-state index in [1.54, 1.807) is 6.92 Å². The second-order valence-electron chi connectivity index (χ2n) is 8.42. The molecule has 2 aromatic rings. The van der Waals surface area contributed by atoms with E-state index in [0.717, 1.165) is 37.0 Å². The molecule has 0 saturated carbocycles. The Kier molecular flexibility index (Phi) is 14.5. The Morgan fingerprint density at radius 2 is 1.75 bits per heavy atom. The minimum Gasteiger partial charge on any atom is -0.492 e. The number of ether oxygens (including phenoxy) is 2. The lowest BCUT2D eigenvalue weighted by Gasteiger charge is -2.23. The molecule has 2 rings (SSSR count). The number of hydrogen-bond acceptors (Lipinski definition) is 5. The van der Waals surface area contributed by atoms with Gasteiger partial charge in [0.25, 0.3) is 0 Å². The quantitative estimate of drug-likeness (QED) is 0.201. The van der Waals surface area contributed by atoms with Crippen LogP contribution in [0.15, 0.2) is 59.5 Å². The highest BCUT2D eigenvalue weighted by molar-refractivity contribution is 7.99. The number of carbonyl (C=O) groups is 2. The molecule has 0 spiro atoms. The van der Waals surface area contributed by atoms with Gasteiger partial charge in [-0.3, -0.25) is 0 Å². The number of aliphatic carboxylic acids is 1. The molecule has 0 heterocycles. The Hall–Kier alpha value is -2.71. The van der Waals surface area contributed by atoms with Crippen molar-refractivity contribution in [3.63, 3.8) is 0 Å². The van der Waals surface area contributed by atoms with Gasteiger partial charge >= 0.3 is 12.0 Å². The number of hydrogen-bond donors (Lipinski definition) is 2. The molecule has 0 radical (unpaired) electrons. The largest absolute Gasteiger partial charge is 0.492 e. The Bertz CT molecular complexity index is 879. The van der Waals surface area contributed by atoms with Crippen molar-refractivity contribution in [3.05, 3.63) is 60.2 Å². The third kappa shape index (κ3) is 11.8. The number of amides is 2. The fourth-order valence-corrected chi connectivity index (χ4v) is 4.47. The smallest absolute Gasteiger partial charge is 0.333 e. The molecule has 0 fully saturated rings. The summed E-state index contributed by atoms with van der Waals surface area (Å²) >= 11 is 1.84. The molecule has 2 N–H and O–H groups in total. The second-order valence-corrected chi connectivity index (χ2v) is 9.59. The molecule has 1 atom stereocenters. The van der Waals surface area contributed by atoms with Crippen LogP contribution in [0.3, 0.4) is 0 Å². The van der Waals surface area contributed by atoms with E-state index in [2.05, 4.69) is 24.4 Å². The standard InChI is InChI=1S/C28H40N2O5S/c1-3-5-17-29-28(33)30(18-9-10-21-36-25-11-7-6-8-12-25)19-20-35-24-15-13-23(14-16-24)22-26(27(31)32)34-4-2/h6-8,11-16,26H,3-5,9-10,17-22H2,1-2H3,(H,29,33)(H,31,32). The van der Waals surface area contributed by atoms with E-state index in [0.29, 0.717) is 45.0 Å². The minimum atomic E-state index is -0.965. The Morgan fingerprint density at radius 3 is 2.42 bits per heavy atom. The molecule has 0 saturated heterocycles. The van der Waals surface area contributed by atoms with Gasteiger partial charge in [0.1, 0.15) is 12.4 Å². The highest BCUT2D eigenvalue weighted by Gasteiger charge is 2.18. The fourth-order valence-electron chi connectivity index (χ4n) is 3.54. The van der Waals surface area contributed by atoms with Gasteiger partial charge in [0, 0.05) is 31.0 Å². The van der Waals surface area contributed by atoms with Crippen molar-refractivity contribution >= 4 is 23.8 Å². The molecular formula is C28H40N2O5S. The first-order valence-corrected chi connectivity index (χ1v) is 13.8. The summed E-state index contributed by atoms with van der Waals surface area (Å²) < 4.78 is 11.2. The lowest BCUT2D eigenvalue weighted by molar-refractivity contribution is -0.149. The third-order valence-corrected chi connectivity index (χ3v) is 6.64. The van der Waals surface area contributed by atoms with Gasteiger partial charge in [0.15, 0.2) is 6.10 Å². The molecule has 0 aliphatic carbocycles. The third-order valence-electron chi connectivity index (χ3n) is 5.55. The van der Waals surface area contributed by atoms with E-state index in [-0.39, 0.29) is 6.03 Å². The second kappa shape index (κ2) is 17.7. The van der Waals surface area contributed by atoms with Crippen LogP contribution in [-0.4, -0.2) is 66.7 Å². The fraction of sp³-hybridized carbons (Fsp3) is 0.500. The molecule has 2 amide bonds. The van der Waals surface area contributed by atoms with Crippen molar-refractivity contribution in [1.29, 1.82) is 0 Å². The van der Waals surface area contributed by atoms with Gasteiger partial charge in [-0.15, -0.1) is 11.8 Å². The number of unbranched alkanes of at least 4 members (excludes halogenated alkanes) is 2. The number of rotatable bonds is 18. The van der Waals surface area contributed by atoms with Crippen LogP contribution in [0.25, 0.3) is 0 Å². The van der Waals surface area contributed by atoms with E-state index in [1.807, 2.05) is 59.1 Å². The van der Waals surface area contributed by atoms with Crippen molar-refractivity contribution in [1.82, 2.24) is 10.2 Å². The molecule has 36 heavy (non-hydrogen) atoms. The first kappa shape index (κ1) is 29.5. The average molecular weight is 517 g/mol. The highest BCUT2D eigenvalue weighted by atomic mass is 32.2. The summed E-state index contributed by atoms with van der Waals surface area (Å²) in [6, 6.07) is 17.7. The van der Waals surface area contributed by atoms with Crippen LogP contribution in [0, 0.1) is 0 Å². The van der Waals surface area contributed by atoms with Crippen molar-refractivity contribution in [2.75, 3.05) is 38.6 Å². The Balaban J connectivity index is 1.79. The highest BCUT2D eigenvalue weighted by Crippen LogP contribution is 2.18. The maximum Gasteiger partial charge on any atom is 0.333 e. The summed E-state index contributed by atoms with van der Waals surface area (Å²) in [5.74, 6) is 0.741. The zero-order chi connectivity index (χ0) is 26.0. The van der Waals surface area contributed by atoms with Crippen LogP contribution in [0.5, 0.6) is 5.75 Å². The van der Waals surface area contributed by atoms with Crippen LogP contribution in [0.1, 0.15) is 45.1 Å². The number of carbonyl (C=O) groups excluding carboxylic acids is 1. The average Bonchev–Trinajstić information content (AvgIpc) is 2.88. The molecule has 7 nitrogen and oxygen atoms in total. The van der Waals surface area contributed by atoms with Crippen molar-refractivity contribution in [3.8, 4) is 5.75 Å². The van der Waals surface area contributed by atoms with Gasteiger partial charge < -0.3 is 24.8 Å². The topological polar surface area (TPSA) is 88.1 Å². The number of urea groups is 1. The van der Waals surface area contributed by atoms with Crippen LogP contribution in [0.2, 0.25) is 0 Å². The predicted molar refractivity (Wildman–Crippen MR) is 145 cm³/mol. The van der Waals surface area contributed by atoms with Gasteiger partial charge in [-0.1, -0.05) is 43.7 Å². The number of benzene rings is 2. The molecule has 1 unspecified atom stereocenters. The summed E-state index contributed by atoms with van der Waals surface area (Å²) in [6.07, 6.45) is 3.40. The van der Waals surface area contributed by atoms with E-state index in [1.165, 1.54) is 4.90 Å². The maximum absolute atomic E-state index is 12.7. The summed E-state index contributed by atoms with van der Waals surface area (Å²) in [6.45, 7) is 6.48. The lowest BCUT2D eigenvalue weighted by atomic mass is 10.1. The first-order chi connectivity index (χ1) is 17.5. The van der Waals surface area contributed by atoms with E-state index < -0.39 is 12.1 Å². The van der Waals surface area contributed by atoms with Gasteiger partial charge in [-0.25, -0.2) is 9.59 Å². The number of carboxylic acid groups (broad SMARTS) is 1. The Labute approximate surface area is 219 Å². The SMILES string of the molecule is CCCCNC(=O)N(CCCCSc1ccccc1)CCOc1ccc(CC(OCC)C(=O)O)cc1. The molecule has 0 aromatic heterocycles. The number of nitrogens with zero attached hydrogens (tertiary/aromatic N) is 1. The summed E-state index contributed by atoms with van der Waals surface area (Å²) in [5, 5.41) is 12.3. The lowest BCUT2D eigenvalue weighted by Crippen LogP contribution is -2.43. The molecule has 0 aliphatic rings. The van der Waals surface area contributed by atoms with Gasteiger partial charge in [-0.05, 0) is 61.8 Å². The monoisotopic (exact) mass is 516 g/mol. The van der Waals surface area contributed by atoms with Crippen LogP contribution in [0.4, 0.5) is 4.79 Å². The molecule has 2 aromatic carbocycles. The van der Waals surface area contributed by atoms with Crippen LogP contribution >= 0.6 is 11.8 Å². The summed E-state index contributed by atoms with van der Waals surface area (Å²) in [4.78, 5) is 27.1. The minimum absolute atomic E-state index is 0.0475. The summed E-state index contributed by atoms with van der Waals surface area (Å²) in [5.41, 5.74) is 0.869. The number of thioether (sulfide) groups is 1. The first-order valence-electron chi connectivity index (χ1n) is 12.8. The van der Waals surface area contributed by atoms with Gasteiger partial charge in [0.05, 0.1) is 6.54 Å². The van der Waals surface area contributed by atoms with Crippen molar-refractivity contribution < 1.29 is 24.2 Å².